The fourth-order valence-electron chi connectivity index (χ4n) is 0.235. The van der Waals surface area contributed by atoms with E-state index in [1.807, 2.05) is 0 Å². The highest BCUT2D eigenvalue weighted by Gasteiger charge is 1.87. The summed E-state index contributed by atoms with van der Waals surface area (Å²) in [4.78, 5) is 0. The zero-order valence-corrected chi connectivity index (χ0v) is 4.25. The Labute approximate surface area is 41.8 Å². The minimum Gasteiger partial charge on any atom is -0.251 e. The van der Waals surface area contributed by atoms with E-state index in [0.29, 0.717) is 0 Å². The van der Waals surface area contributed by atoms with Crippen LogP contribution in [-0.4, -0.2) is 6.67 Å². The van der Waals surface area contributed by atoms with Crippen LogP contribution in [0.15, 0.2) is 11.9 Å². The van der Waals surface area contributed by atoms with Crippen molar-refractivity contribution < 1.29 is 8.78 Å². The molecule has 0 spiro atoms. The molecule has 0 amide bonds. The monoisotopic (exact) mass is 106 g/mol. The molecule has 0 bridgehead atoms. The van der Waals surface area contributed by atoms with Crippen molar-refractivity contribution in [2.75, 3.05) is 6.67 Å². The van der Waals surface area contributed by atoms with Crippen LogP contribution in [0, 0.1) is 0 Å². The number of halogens is 2. The molecule has 0 nitrogen and oxygen atoms in total. The van der Waals surface area contributed by atoms with E-state index in [9.17, 15) is 8.78 Å². The van der Waals surface area contributed by atoms with Gasteiger partial charge in [-0.25, -0.2) is 4.39 Å². The maximum absolute atomic E-state index is 11.8. The second-order valence-corrected chi connectivity index (χ2v) is 1.17. The van der Waals surface area contributed by atoms with Crippen molar-refractivity contribution in [1.82, 2.24) is 0 Å². The van der Waals surface area contributed by atoms with E-state index in [0.717, 1.165) is 0 Å². The second-order valence-electron chi connectivity index (χ2n) is 1.17. The summed E-state index contributed by atoms with van der Waals surface area (Å²) < 4.78 is 22.9. The van der Waals surface area contributed by atoms with Crippen molar-refractivity contribution in [2.24, 2.45) is 0 Å². The molecule has 0 fully saturated rings. The molecule has 7 heavy (non-hydrogen) atoms. The van der Waals surface area contributed by atoms with E-state index in [4.69, 9.17) is 0 Å². The molecule has 0 aromatic heterocycles. The molecule has 2 heteroatoms. The van der Waals surface area contributed by atoms with Crippen molar-refractivity contribution in [3.8, 4) is 0 Å². The summed E-state index contributed by atoms with van der Waals surface area (Å²) in [6, 6.07) is 0. The van der Waals surface area contributed by atoms with Gasteiger partial charge >= 0.3 is 0 Å². The van der Waals surface area contributed by atoms with Gasteiger partial charge in [-0.05, 0) is 6.92 Å². The van der Waals surface area contributed by atoms with E-state index >= 15 is 0 Å². The molecule has 0 aliphatic heterocycles. The van der Waals surface area contributed by atoms with E-state index in [1.54, 1.807) is 6.92 Å². The molecule has 0 aromatic carbocycles. The van der Waals surface area contributed by atoms with Gasteiger partial charge in [-0.1, -0.05) is 6.08 Å². The maximum Gasteiger partial charge on any atom is 0.0983 e. The maximum atomic E-state index is 11.8. The van der Waals surface area contributed by atoms with Crippen molar-refractivity contribution in [3.63, 3.8) is 0 Å². The first-order valence-corrected chi connectivity index (χ1v) is 2.18. The fourth-order valence-corrected chi connectivity index (χ4v) is 0.235. The van der Waals surface area contributed by atoms with Crippen molar-refractivity contribution in [3.05, 3.63) is 11.9 Å². The Kier molecular flexibility index (Phi) is 3.56. The highest BCUT2D eigenvalue weighted by molar-refractivity contribution is 4.87. The summed E-state index contributed by atoms with van der Waals surface area (Å²) in [6.07, 6.45) is 1.19. The molecule has 0 saturated carbocycles. The molecule has 0 saturated heterocycles. The van der Waals surface area contributed by atoms with Crippen molar-refractivity contribution in [2.45, 2.75) is 13.3 Å². The molecule has 0 N–H and O–H groups in total. The normalized spacial score (nSPS) is 12.1. The molecule has 0 heterocycles. The Morgan fingerprint density at radius 2 is 2.29 bits per heavy atom. The van der Waals surface area contributed by atoms with Gasteiger partial charge in [-0.2, -0.15) is 0 Å². The van der Waals surface area contributed by atoms with E-state index in [-0.39, 0.29) is 12.2 Å². The fraction of sp³-hybridized carbons (Fsp3) is 0.600. The Bertz CT molecular complexity index is 66.5. The van der Waals surface area contributed by atoms with Gasteiger partial charge < -0.3 is 0 Å². The van der Waals surface area contributed by atoms with Crippen LogP contribution in [0.2, 0.25) is 0 Å². The van der Waals surface area contributed by atoms with Crippen molar-refractivity contribution in [1.29, 1.82) is 0 Å². The third-order valence-electron chi connectivity index (χ3n) is 0.647. The lowest BCUT2D eigenvalue weighted by atomic mass is 10.4. The molecular formula is C5H8F2. The van der Waals surface area contributed by atoms with Crippen LogP contribution >= 0.6 is 0 Å². The molecule has 0 aliphatic rings. The third kappa shape index (κ3) is 3.43. The highest BCUT2D eigenvalue weighted by atomic mass is 19.1. The number of hydrogen-bond acceptors (Lipinski definition) is 0. The van der Waals surface area contributed by atoms with Crippen LogP contribution in [0.1, 0.15) is 13.3 Å². The second kappa shape index (κ2) is 3.78. The summed E-state index contributed by atoms with van der Waals surface area (Å²) in [5.41, 5.74) is 0. The van der Waals surface area contributed by atoms with Crippen LogP contribution in [-0.2, 0) is 0 Å². The van der Waals surface area contributed by atoms with E-state index in [2.05, 4.69) is 0 Å². The molecule has 0 rings (SSSR count). The zero-order valence-electron chi connectivity index (χ0n) is 4.25. The van der Waals surface area contributed by atoms with Gasteiger partial charge in [0.15, 0.2) is 0 Å². The first-order valence-electron chi connectivity index (χ1n) is 2.18. The summed E-state index contributed by atoms with van der Waals surface area (Å²) in [5.74, 6) is -0.373. The Hall–Kier alpha value is -0.400. The van der Waals surface area contributed by atoms with Crippen LogP contribution in [0.4, 0.5) is 8.78 Å². The first kappa shape index (κ1) is 6.60. The smallest absolute Gasteiger partial charge is 0.0983 e. The molecule has 42 valence electrons. The molecular weight excluding hydrogens is 98.1 g/mol. The predicted octanol–water partition coefficient (Wildman–Crippen LogP) is 2.22. The summed E-state index contributed by atoms with van der Waals surface area (Å²) >= 11 is 0. The summed E-state index contributed by atoms with van der Waals surface area (Å²) in [5, 5.41) is 0. The van der Waals surface area contributed by atoms with Crippen LogP contribution in [0.25, 0.3) is 0 Å². The first-order chi connectivity index (χ1) is 3.31. The van der Waals surface area contributed by atoms with Crippen LogP contribution in [0.5, 0.6) is 0 Å². The average Bonchev–Trinajstić information content (AvgIpc) is 1.68. The molecule has 0 radical (unpaired) electrons. The average molecular weight is 106 g/mol. The lowest BCUT2D eigenvalue weighted by Gasteiger charge is -1.84. The molecule has 0 aromatic rings. The topological polar surface area (TPSA) is 0 Å². The highest BCUT2D eigenvalue weighted by Crippen LogP contribution is 2.00. The molecule has 0 unspecified atom stereocenters. The van der Waals surface area contributed by atoms with Crippen LogP contribution in [0.3, 0.4) is 0 Å². The van der Waals surface area contributed by atoms with Gasteiger partial charge in [-0.3, -0.25) is 4.39 Å². The summed E-state index contributed by atoms with van der Waals surface area (Å²) in [7, 11) is 0. The number of rotatable bonds is 2. The lowest BCUT2D eigenvalue weighted by Crippen LogP contribution is -1.73. The SMILES string of the molecule is C/C=C(/F)CCF. The van der Waals surface area contributed by atoms with Gasteiger partial charge in [0.2, 0.25) is 0 Å². The number of alkyl halides is 1. The Morgan fingerprint density at radius 1 is 1.71 bits per heavy atom. The van der Waals surface area contributed by atoms with Crippen LogP contribution < -0.4 is 0 Å². The molecule has 0 atom stereocenters. The van der Waals surface area contributed by atoms with Gasteiger partial charge in [0.1, 0.15) is 0 Å². The molecule has 0 aliphatic carbocycles. The van der Waals surface area contributed by atoms with E-state index < -0.39 is 6.67 Å². The standard InChI is InChI=1S/C5H8F2/c1-2-5(7)3-4-6/h2H,3-4H2,1H3/b5-2+. The largest absolute Gasteiger partial charge is 0.251 e. The zero-order chi connectivity index (χ0) is 5.70. The Morgan fingerprint density at radius 3 is 2.43 bits per heavy atom. The predicted molar refractivity (Wildman–Crippen MR) is 25.5 cm³/mol. The minimum atomic E-state index is -0.601. The van der Waals surface area contributed by atoms with Gasteiger partial charge in [0.25, 0.3) is 0 Å². The van der Waals surface area contributed by atoms with Crippen molar-refractivity contribution >= 4 is 0 Å². The minimum absolute atomic E-state index is 0.0729. The van der Waals surface area contributed by atoms with E-state index in [1.165, 1.54) is 6.08 Å². The van der Waals surface area contributed by atoms with Gasteiger partial charge in [0.05, 0.1) is 12.5 Å². The van der Waals surface area contributed by atoms with Gasteiger partial charge in [-0.15, -0.1) is 0 Å². The lowest BCUT2D eigenvalue weighted by molar-refractivity contribution is 0.455. The quantitative estimate of drug-likeness (QED) is 0.506. The third-order valence-corrected chi connectivity index (χ3v) is 0.647. The summed E-state index contributed by atoms with van der Waals surface area (Å²) in [6.45, 7) is 0.946. The Balaban J connectivity index is 3.17. The number of hydrogen-bond donors (Lipinski definition) is 0. The number of allylic oxidation sites excluding steroid dienone is 2. The van der Waals surface area contributed by atoms with Gasteiger partial charge in [0, 0.05) is 6.42 Å².